The summed E-state index contributed by atoms with van der Waals surface area (Å²) in [4.78, 5) is 4.38. The summed E-state index contributed by atoms with van der Waals surface area (Å²) < 4.78 is 7.84. The maximum Gasteiger partial charge on any atom is 0.0951 e. The molecule has 0 spiro atoms. The predicted octanol–water partition coefficient (Wildman–Crippen LogP) is 2.77. The molecule has 0 bridgehead atoms. The van der Waals surface area contributed by atoms with Gasteiger partial charge < -0.3 is 15.0 Å². The lowest BCUT2D eigenvalue weighted by Gasteiger charge is -2.31. The summed E-state index contributed by atoms with van der Waals surface area (Å²) in [5.41, 5.74) is 7.67. The molecule has 2 aliphatic rings. The molecule has 112 valence electrons. The molecular weight excluding hydrogens is 270 g/mol. The summed E-state index contributed by atoms with van der Waals surface area (Å²) in [6.07, 6.45) is 12.4. The molecule has 2 heterocycles. The second-order valence-corrected chi connectivity index (χ2v) is 7.19. The molecule has 0 amide bonds. The van der Waals surface area contributed by atoms with E-state index in [1.807, 2.05) is 24.3 Å². The monoisotopic (exact) mass is 295 g/mol. The first-order chi connectivity index (χ1) is 9.79. The number of rotatable bonds is 4. The highest BCUT2D eigenvalue weighted by Gasteiger charge is 2.29. The highest BCUT2D eigenvalue weighted by molar-refractivity contribution is 7.99. The van der Waals surface area contributed by atoms with E-state index in [9.17, 15) is 0 Å². The van der Waals surface area contributed by atoms with Crippen molar-refractivity contribution in [1.82, 2.24) is 9.55 Å². The molecule has 4 atom stereocenters. The maximum atomic E-state index is 6.47. The predicted molar refractivity (Wildman–Crippen MR) is 82.9 cm³/mol. The van der Waals surface area contributed by atoms with Gasteiger partial charge in [0.15, 0.2) is 0 Å². The summed E-state index contributed by atoms with van der Waals surface area (Å²) in [6, 6.07) is 0.640. The quantitative estimate of drug-likeness (QED) is 0.928. The summed E-state index contributed by atoms with van der Waals surface area (Å²) in [7, 11) is 0. The molecule has 4 unspecified atom stereocenters. The van der Waals surface area contributed by atoms with Gasteiger partial charge in [0.2, 0.25) is 0 Å². The zero-order valence-electron chi connectivity index (χ0n) is 12.2. The first-order valence-corrected chi connectivity index (χ1v) is 8.96. The van der Waals surface area contributed by atoms with Gasteiger partial charge in [-0.1, -0.05) is 6.42 Å². The number of aromatic nitrogens is 2. The second kappa shape index (κ2) is 6.50. The molecule has 20 heavy (non-hydrogen) atoms. The lowest BCUT2D eigenvalue weighted by molar-refractivity contribution is 0.179. The zero-order chi connectivity index (χ0) is 13.9. The van der Waals surface area contributed by atoms with E-state index in [4.69, 9.17) is 10.5 Å². The van der Waals surface area contributed by atoms with Crippen molar-refractivity contribution in [3.8, 4) is 0 Å². The highest BCUT2D eigenvalue weighted by atomic mass is 32.2. The summed E-state index contributed by atoms with van der Waals surface area (Å²) >= 11 is 2.00. The average molecular weight is 295 g/mol. The SMILES string of the molecule is CSC1CCCC(n2cncc2C(N)C2CCOC2)C1. The number of hydrogen-bond donors (Lipinski definition) is 1. The van der Waals surface area contributed by atoms with E-state index in [1.54, 1.807) is 0 Å². The largest absolute Gasteiger partial charge is 0.381 e. The van der Waals surface area contributed by atoms with Gasteiger partial charge in [-0.3, -0.25) is 0 Å². The van der Waals surface area contributed by atoms with E-state index in [0.29, 0.717) is 12.0 Å². The van der Waals surface area contributed by atoms with Gasteiger partial charge in [-0.15, -0.1) is 0 Å². The lowest BCUT2D eigenvalue weighted by Crippen LogP contribution is -2.28. The Morgan fingerprint density at radius 3 is 3.10 bits per heavy atom. The topological polar surface area (TPSA) is 53.1 Å². The Hall–Kier alpha value is -0.520. The van der Waals surface area contributed by atoms with E-state index in [2.05, 4.69) is 15.8 Å². The van der Waals surface area contributed by atoms with Crippen LogP contribution >= 0.6 is 11.8 Å². The van der Waals surface area contributed by atoms with Crippen LogP contribution in [-0.4, -0.2) is 34.3 Å². The van der Waals surface area contributed by atoms with E-state index >= 15 is 0 Å². The fourth-order valence-corrected chi connectivity index (χ4v) is 4.36. The molecule has 3 rings (SSSR count). The molecule has 5 heteroatoms. The molecule has 4 nitrogen and oxygen atoms in total. The number of nitrogens with two attached hydrogens (primary N) is 1. The molecule has 1 aromatic rings. The highest BCUT2D eigenvalue weighted by Crippen LogP contribution is 2.36. The van der Waals surface area contributed by atoms with Crippen molar-refractivity contribution in [2.75, 3.05) is 19.5 Å². The van der Waals surface area contributed by atoms with Crippen molar-refractivity contribution in [3.05, 3.63) is 18.2 Å². The molecule has 1 saturated heterocycles. The van der Waals surface area contributed by atoms with Crippen molar-refractivity contribution in [1.29, 1.82) is 0 Å². The van der Waals surface area contributed by atoms with Crippen molar-refractivity contribution < 1.29 is 4.74 Å². The normalized spacial score (nSPS) is 32.4. The van der Waals surface area contributed by atoms with Gasteiger partial charge in [0.1, 0.15) is 0 Å². The molecule has 1 saturated carbocycles. The fraction of sp³-hybridized carbons (Fsp3) is 0.800. The van der Waals surface area contributed by atoms with Crippen LogP contribution in [0.2, 0.25) is 0 Å². The molecule has 0 aromatic carbocycles. The van der Waals surface area contributed by atoms with E-state index in [-0.39, 0.29) is 6.04 Å². The third kappa shape index (κ3) is 2.90. The van der Waals surface area contributed by atoms with Gasteiger partial charge in [0, 0.05) is 30.0 Å². The number of imidazole rings is 1. The zero-order valence-corrected chi connectivity index (χ0v) is 13.0. The summed E-state index contributed by atoms with van der Waals surface area (Å²) in [5.74, 6) is 0.449. The Balaban J connectivity index is 1.75. The molecule has 1 aliphatic carbocycles. The standard InChI is InChI=1S/C15H25N3OS/c1-20-13-4-2-3-12(7-13)18-10-17-8-14(18)15(16)11-5-6-19-9-11/h8,10-13,15H,2-7,9,16H2,1H3. The Bertz CT molecular complexity index is 431. The van der Waals surface area contributed by atoms with Gasteiger partial charge in [0.25, 0.3) is 0 Å². The Morgan fingerprint density at radius 1 is 1.45 bits per heavy atom. The molecule has 1 aliphatic heterocycles. The van der Waals surface area contributed by atoms with Gasteiger partial charge in [0.05, 0.1) is 24.7 Å². The van der Waals surface area contributed by atoms with Crippen molar-refractivity contribution in [3.63, 3.8) is 0 Å². The third-order valence-corrected chi connectivity index (χ3v) is 5.93. The van der Waals surface area contributed by atoms with Crippen molar-refractivity contribution in [2.24, 2.45) is 11.7 Å². The average Bonchev–Trinajstić information content (AvgIpc) is 3.17. The van der Waals surface area contributed by atoms with Gasteiger partial charge in [-0.2, -0.15) is 11.8 Å². The summed E-state index contributed by atoms with van der Waals surface area (Å²) in [6.45, 7) is 1.65. The number of ether oxygens (including phenoxy) is 1. The maximum absolute atomic E-state index is 6.47. The van der Waals surface area contributed by atoms with Crippen molar-refractivity contribution in [2.45, 2.75) is 49.4 Å². The van der Waals surface area contributed by atoms with Crippen LogP contribution in [0.1, 0.15) is 49.9 Å². The van der Waals surface area contributed by atoms with Gasteiger partial charge in [-0.25, -0.2) is 4.98 Å². The number of nitrogens with zero attached hydrogens (tertiary/aromatic N) is 2. The fourth-order valence-electron chi connectivity index (χ4n) is 3.54. The Kier molecular flexibility index (Phi) is 4.68. The molecule has 1 aromatic heterocycles. The van der Waals surface area contributed by atoms with Crippen molar-refractivity contribution >= 4 is 11.8 Å². The van der Waals surface area contributed by atoms with Crippen LogP contribution in [0.4, 0.5) is 0 Å². The lowest BCUT2D eigenvalue weighted by atomic mass is 9.93. The Labute approximate surface area is 125 Å². The van der Waals surface area contributed by atoms with E-state index < -0.39 is 0 Å². The third-order valence-electron chi connectivity index (χ3n) is 4.84. The van der Waals surface area contributed by atoms with Crippen LogP contribution < -0.4 is 5.73 Å². The first-order valence-electron chi connectivity index (χ1n) is 7.67. The van der Waals surface area contributed by atoms with Gasteiger partial charge >= 0.3 is 0 Å². The van der Waals surface area contributed by atoms with Crippen LogP contribution in [0, 0.1) is 5.92 Å². The minimum Gasteiger partial charge on any atom is -0.381 e. The number of hydrogen-bond acceptors (Lipinski definition) is 4. The van der Waals surface area contributed by atoms with Crippen LogP contribution in [0.5, 0.6) is 0 Å². The van der Waals surface area contributed by atoms with Gasteiger partial charge in [-0.05, 0) is 31.9 Å². The minimum absolute atomic E-state index is 0.0645. The van der Waals surface area contributed by atoms with E-state index in [0.717, 1.165) is 24.9 Å². The second-order valence-electron chi connectivity index (χ2n) is 6.05. The van der Waals surface area contributed by atoms with Crippen LogP contribution in [0.25, 0.3) is 0 Å². The van der Waals surface area contributed by atoms with Crippen LogP contribution in [0.3, 0.4) is 0 Å². The molecular formula is C15H25N3OS. The minimum atomic E-state index is 0.0645. The Morgan fingerprint density at radius 2 is 2.35 bits per heavy atom. The first kappa shape index (κ1) is 14.4. The smallest absolute Gasteiger partial charge is 0.0951 e. The van der Waals surface area contributed by atoms with E-state index in [1.165, 1.54) is 31.4 Å². The number of thioether (sulfide) groups is 1. The molecule has 2 fully saturated rings. The molecule has 2 N–H and O–H groups in total. The van der Waals surface area contributed by atoms with Crippen LogP contribution in [0.15, 0.2) is 12.5 Å². The molecule has 0 radical (unpaired) electrons. The summed E-state index contributed by atoms with van der Waals surface area (Å²) in [5, 5.41) is 0.787. The van der Waals surface area contributed by atoms with Crippen LogP contribution in [-0.2, 0) is 4.74 Å².